The Kier molecular flexibility index (Phi) is 3.31. The predicted molar refractivity (Wildman–Crippen MR) is 86.9 cm³/mol. The Morgan fingerprint density at radius 1 is 1.53 bits per heavy atom. The first-order valence-corrected chi connectivity index (χ1v) is 7.96. The first-order chi connectivity index (χ1) is 9.30. The fourth-order valence-corrected chi connectivity index (χ4v) is 3.43. The van der Waals surface area contributed by atoms with Gasteiger partial charge in [-0.25, -0.2) is 0 Å². The van der Waals surface area contributed by atoms with Crippen LogP contribution in [0.4, 0.5) is 5.69 Å². The molecule has 4 heteroatoms. The third kappa shape index (κ3) is 1.88. The summed E-state index contributed by atoms with van der Waals surface area (Å²) in [4.78, 5) is 6.86. The minimum atomic E-state index is 0.374. The van der Waals surface area contributed by atoms with E-state index in [9.17, 15) is 5.26 Å². The van der Waals surface area contributed by atoms with Crippen LogP contribution in [0, 0.1) is 11.3 Å². The van der Waals surface area contributed by atoms with Crippen LogP contribution in [0.1, 0.15) is 18.1 Å². The van der Waals surface area contributed by atoms with Gasteiger partial charge >= 0.3 is 0 Å². The van der Waals surface area contributed by atoms with Crippen LogP contribution in [0.2, 0.25) is 0 Å². The van der Waals surface area contributed by atoms with E-state index in [1.165, 1.54) is 11.3 Å². The van der Waals surface area contributed by atoms with Gasteiger partial charge in [-0.2, -0.15) is 5.26 Å². The minimum Gasteiger partial charge on any atom is -0.319 e. The number of para-hydroxylation sites is 1. The molecule has 3 rings (SSSR count). The Morgan fingerprint density at radius 2 is 2.37 bits per heavy atom. The molecule has 0 saturated heterocycles. The van der Waals surface area contributed by atoms with E-state index < -0.39 is 0 Å². The molecule has 0 saturated carbocycles. The van der Waals surface area contributed by atoms with Gasteiger partial charge in [-0.3, -0.25) is 4.99 Å². The number of halogens is 1. The zero-order chi connectivity index (χ0) is 13.4. The summed E-state index contributed by atoms with van der Waals surface area (Å²) in [6.07, 6.45) is 2.97. The molecule has 0 bridgehead atoms. The van der Waals surface area contributed by atoms with Crippen LogP contribution in [-0.4, -0.2) is 22.8 Å². The molecule has 0 aromatic heterocycles. The molecule has 0 aliphatic carbocycles. The molecule has 3 nitrogen and oxygen atoms in total. The molecule has 0 fully saturated rings. The molecular weight excluding hydrogens is 349 g/mol. The number of hydrogen-bond donors (Lipinski definition) is 0. The average Bonchev–Trinajstić information content (AvgIpc) is 2.89. The number of anilines is 1. The van der Waals surface area contributed by atoms with Gasteiger partial charge in [0.05, 0.1) is 23.8 Å². The Hall–Kier alpha value is -1.35. The Bertz CT molecular complexity index is 625. The number of alkyl halides is 1. The Labute approximate surface area is 126 Å². The van der Waals surface area contributed by atoms with Crippen LogP contribution in [0.25, 0.3) is 6.08 Å². The van der Waals surface area contributed by atoms with Crippen LogP contribution in [0.5, 0.6) is 0 Å². The van der Waals surface area contributed by atoms with Crippen molar-refractivity contribution in [2.45, 2.75) is 19.4 Å². The van der Waals surface area contributed by atoms with E-state index in [4.69, 9.17) is 0 Å². The highest BCUT2D eigenvalue weighted by molar-refractivity contribution is 14.1. The molecule has 0 N–H and O–H groups in total. The quantitative estimate of drug-likeness (QED) is 0.598. The van der Waals surface area contributed by atoms with Crippen molar-refractivity contribution in [2.75, 3.05) is 15.9 Å². The van der Waals surface area contributed by atoms with Gasteiger partial charge < -0.3 is 4.90 Å². The molecule has 1 aromatic carbocycles. The van der Waals surface area contributed by atoms with Crippen LogP contribution in [0.3, 0.4) is 0 Å². The third-order valence-electron chi connectivity index (χ3n) is 3.66. The van der Waals surface area contributed by atoms with Gasteiger partial charge in [-0.1, -0.05) is 47.7 Å². The largest absolute Gasteiger partial charge is 0.319 e. The van der Waals surface area contributed by atoms with Crippen molar-refractivity contribution in [1.82, 2.24) is 0 Å². The highest BCUT2D eigenvalue weighted by Gasteiger charge is 2.35. The van der Waals surface area contributed by atoms with E-state index in [-0.39, 0.29) is 0 Å². The van der Waals surface area contributed by atoms with Crippen LogP contribution < -0.4 is 4.90 Å². The number of rotatable bonds is 2. The maximum Gasteiger partial charge on any atom is 0.146 e. The Balaban J connectivity index is 2.24. The van der Waals surface area contributed by atoms with E-state index in [1.807, 2.05) is 6.08 Å². The van der Waals surface area contributed by atoms with Crippen molar-refractivity contribution in [1.29, 1.82) is 5.26 Å². The minimum absolute atomic E-state index is 0.374. The van der Waals surface area contributed by atoms with Crippen LogP contribution >= 0.6 is 22.6 Å². The number of nitrogens with zero attached hydrogens (tertiary/aromatic N) is 3. The lowest BCUT2D eigenvalue weighted by molar-refractivity contribution is 0.801. The second-order valence-corrected chi connectivity index (χ2v) is 5.60. The fourth-order valence-electron chi connectivity index (χ4n) is 2.75. The lowest BCUT2D eigenvalue weighted by Gasteiger charge is -2.33. The topological polar surface area (TPSA) is 39.4 Å². The van der Waals surface area contributed by atoms with Crippen LogP contribution in [-0.2, 0) is 6.42 Å². The van der Waals surface area contributed by atoms with E-state index in [2.05, 4.69) is 63.7 Å². The number of aryl methyl sites for hydroxylation is 1. The predicted octanol–water partition coefficient (Wildman–Crippen LogP) is 3.19. The van der Waals surface area contributed by atoms with Crippen molar-refractivity contribution < 1.29 is 0 Å². The summed E-state index contributed by atoms with van der Waals surface area (Å²) in [6, 6.07) is 8.99. The molecule has 0 radical (unpaired) electrons. The first kappa shape index (κ1) is 12.7. The summed E-state index contributed by atoms with van der Waals surface area (Å²) in [5.74, 6) is 0.859. The summed E-state index contributed by atoms with van der Waals surface area (Å²) < 4.78 is 1.01. The second-order valence-electron chi connectivity index (χ2n) is 4.72. The normalized spacial score (nSPS) is 20.3. The molecule has 2 aliphatic heterocycles. The van der Waals surface area contributed by atoms with Gasteiger partial charge in [0.25, 0.3) is 0 Å². The summed E-state index contributed by atoms with van der Waals surface area (Å²) in [5.41, 5.74) is 4.41. The number of fused-ring (bicyclic) bond motifs is 3. The SMILES string of the molecule is CCc1cccc2c1N1C(=NCC1CI)C(C#N)=C2. The molecular formula is C15H14IN3. The van der Waals surface area contributed by atoms with E-state index in [1.54, 1.807) is 0 Å². The molecule has 1 aromatic rings. The average molecular weight is 363 g/mol. The lowest BCUT2D eigenvalue weighted by Crippen LogP contribution is -2.41. The zero-order valence-electron chi connectivity index (χ0n) is 10.7. The second kappa shape index (κ2) is 4.97. The molecule has 0 amide bonds. The maximum absolute atomic E-state index is 9.32. The van der Waals surface area contributed by atoms with Gasteiger partial charge in [0.2, 0.25) is 0 Å². The first-order valence-electron chi connectivity index (χ1n) is 6.43. The van der Waals surface area contributed by atoms with Gasteiger partial charge in [-0.15, -0.1) is 0 Å². The van der Waals surface area contributed by atoms with Gasteiger partial charge in [-0.05, 0) is 23.6 Å². The molecule has 2 aliphatic rings. The highest BCUT2D eigenvalue weighted by atomic mass is 127. The molecule has 19 heavy (non-hydrogen) atoms. The molecule has 0 spiro atoms. The summed E-state index contributed by atoms with van der Waals surface area (Å²) in [6.45, 7) is 2.96. The fraction of sp³-hybridized carbons (Fsp3) is 0.333. The van der Waals surface area contributed by atoms with Crippen LogP contribution in [0.15, 0.2) is 28.8 Å². The van der Waals surface area contributed by atoms with Crippen molar-refractivity contribution >= 4 is 40.2 Å². The monoisotopic (exact) mass is 363 g/mol. The zero-order valence-corrected chi connectivity index (χ0v) is 12.9. The smallest absolute Gasteiger partial charge is 0.146 e. The Morgan fingerprint density at radius 3 is 3.05 bits per heavy atom. The number of amidine groups is 1. The molecule has 2 heterocycles. The van der Waals surface area contributed by atoms with E-state index >= 15 is 0 Å². The van der Waals surface area contributed by atoms with Gasteiger partial charge in [0.15, 0.2) is 0 Å². The lowest BCUT2D eigenvalue weighted by atomic mass is 9.96. The molecule has 1 unspecified atom stereocenters. The standard InChI is InChI=1S/C15H14IN3/c1-2-10-4-3-5-11-6-12(8-17)15-18-9-13(7-16)19(15)14(10)11/h3-6,13H,2,7,9H2,1H3. The van der Waals surface area contributed by atoms with Gasteiger partial charge in [0, 0.05) is 4.43 Å². The number of hydrogen-bond acceptors (Lipinski definition) is 3. The summed E-state index contributed by atoms with van der Waals surface area (Å²) >= 11 is 2.40. The molecule has 1 atom stereocenters. The van der Waals surface area contributed by atoms with Gasteiger partial charge in [0.1, 0.15) is 11.9 Å². The maximum atomic E-state index is 9.32. The number of aliphatic imine (C=N–C) groups is 1. The highest BCUT2D eigenvalue weighted by Crippen LogP contribution is 2.37. The summed E-state index contributed by atoms with van der Waals surface area (Å²) in [5, 5.41) is 9.32. The van der Waals surface area contributed by atoms with E-state index in [0.29, 0.717) is 11.6 Å². The van der Waals surface area contributed by atoms with Crippen molar-refractivity contribution in [3.8, 4) is 6.07 Å². The number of nitriles is 1. The number of benzene rings is 1. The van der Waals surface area contributed by atoms with Crippen molar-refractivity contribution in [2.24, 2.45) is 4.99 Å². The third-order valence-corrected chi connectivity index (χ3v) is 4.67. The van der Waals surface area contributed by atoms with Crippen molar-refractivity contribution in [3.63, 3.8) is 0 Å². The van der Waals surface area contributed by atoms with E-state index in [0.717, 1.165) is 28.8 Å². The van der Waals surface area contributed by atoms with Crippen molar-refractivity contribution in [3.05, 3.63) is 34.9 Å². The summed E-state index contributed by atoms with van der Waals surface area (Å²) in [7, 11) is 0. The molecule has 96 valence electrons.